The summed E-state index contributed by atoms with van der Waals surface area (Å²) in [6.07, 6.45) is 6.36. The highest BCUT2D eigenvalue weighted by molar-refractivity contribution is 6.04. The maximum atomic E-state index is 14.5. The summed E-state index contributed by atoms with van der Waals surface area (Å²) < 4.78 is 19.5. The molecule has 1 aliphatic heterocycles. The molecule has 7 nitrogen and oxygen atoms in total. The van der Waals surface area contributed by atoms with Crippen molar-refractivity contribution in [3.05, 3.63) is 65.5 Å². The van der Waals surface area contributed by atoms with Crippen molar-refractivity contribution in [3.63, 3.8) is 0 Å². The number of nitrogens with one attached hydrogen (secondary N) is 1. The molecule has 2 aliphatic rings. The molecule has 0 spiro atoms. The van der Waals surface area contributed by atoms with Gasteiger partial charge in [0, 0.05) is 18.3 Å². The lowest BCUT2D eigenvalue weighted by Crippen LogP contribution is -2.56. The van der Waals surface area contributed by atoms with Gasteiger partial charge in [-0.15, -0.1) is 0 Å². The van der Waals surface area contributed by atoms with Gasteiger partial charge in [-0.2, -0.15) is 0 Å². The standard InChI is InChI=1S/C29H36FN3O4/c1-20-11-6-7-16-24(20)26(27(34)31-22-13-4-3-5-14-22)33(23-15-10-12-21(30)19-23)28(35)25-17-8-9-18-32(25)29(36)37-2/h6-7,10-12,15-16,19,22,25-26H,3-5,8-9,13-14,17-18H2,1-2H3,(H,31,34)/t25?,26-/m1/s1. The van der Waals surface area contributed by atoms with Crippen LogP contribution in [0.3, 0.4) is 0 Å². The van der Waals surface area contributed by atoms with Gasteiger partial charge in [-0.05, 0) is 68.4 Å². The van der Waals surface area contributed by atoms with Crippen LogP contribution >= 0.6 is 0 Å². The summed E-state index contributed by atoms with van der Waals surface area (Å²) in [7, 11) is 1.29. The zero-order valence-corrected chi connectivity index (χ0v) is 21.6. The molecule has 1 heterocycles. The van der Waals surface area contributed by atoms with Gasteiger partial charge < -0.3 is 10.1 Å². The number of rotatable bonds is 6. The lowest BCUT2D eigenvalue weighted by Gasteiger charge is -2.40. The van der Waals surface area contributed by atoms with Crippen LogP contribution in [0.1, 0.15) is 68.5 Å². The molecule has 2 atom stereocenters. The van der Waals surface area contributed by atoms with Crippen LogP contribution in [-0.2, 0) is 14.3 Å². The Balaban J connectivity index is 1.81. The molecule has 37 heavy (non-hydrogen) atoms. The predicted molar refractivity (Wildman–Crippen MR) is 140 cm³/mol. The Kier molecular flexibility index (Phi) is 8.79. The number of ether oxygens (including phenoxy) is 1. The predicted octanol–water partition coefficient (Wildman–Crippen LogP) is 5.28. The van der Waals surface area contributed by atoms with Gasteiger partial charge in [-0.3, -0.25) is 19.4 Å². The van der Waals surface area contributed by atoms with Crippen molar-refractivity contribution in [2.75, 3.05) is 18.6 Å². The highest BCUT2D eigenvalue weighted by atomic mass is 19.1. The zero-order valence-electron chi connectivity index (χ0n) is 21.6. The van der Waals surface area contributed by atoms with E-state index in [9.17, 15) is 18.8 Å². The van der Waals surface area contributed by atoms with Crippen molar-refractivity contribution in [1.29, 1.82) is 0 Å². The summed E-state index contributed by atoms with van der Waals surface area (Å²) in [5.41, 5.74) is 1.77. The molecule has 1 unspecified atom stereocenters. The molecule has 0 radical (unpaired) electrons. The number of methoxy groups -OCH3 is 1. The summed E-state index contributed by atoms with van der Waals surface area (Å²) in [4.78, 5) is 43.7. The van der Waals surface area contributed by atoms with E-state index in [0.29, 0.717) is 18.5 Å². The molecule has 1 saturated heterocycles. The largest absolute Gasteiger partial charge is 0.453 e. The molecule has 3 amide bonds. The number of hydrogen-bond acceptors (Lipinski definition) is 4. The summed E-state index contributed by atoms with van der Waals surface area (Å²) in [6.45, 7) is 2.27. The second-order valence-corrected chi connectivity index (χ2v) is 9.97. The molecule has 198 valence electrons. The minimum Gasteiger partial charge on any atom is -0.453 e. The van der Waals surface area contributed by atoms with E-state index in [1.807, 2.05) is 31.2 Å². The van der Waals surface area contributed by atoms with Gasteiger partial charge in [-0.1, -0.05) is 49.6 Å². The van der Waals surface area contributed by atoms with E-state index in [1.165, 1.54) is 35.1 Å². The van der Waals surface area contributed by atoms with E-state index >= 15 is 0 Å². The molecule has 1 saturated carbocycles. The molecular formula is C29H36FN3O4. The molecule has 0 aromatic heterocycles. The summed E-state index contributed by atoms with van der Waals surface area (Å²) in [6, 6.07) is 11.3. The normalized spacial score (nSPS) is 19.1. The third kappa shape index (κ3) is 6.12. The number of carbonyl (C=O) groups is 3. The Labute approximate surface area is 218 Å². The van der Waals surface area contributed by atoms with Crippen molar-refractivity contribution in [1.82, 2.24) is 10.2 Å². The lowest BCUT2D eigenvalue weighted by molar-refractivity contribution is -0.130. The molecule has 2 aromatic rings. The average Bonchev–Trinajstić information content (AvgIpc) is 2.92. The fraction of sp³-hybridized carbons (Fsp3) is 0.483. The molecule has 2 aromatic carbocycles. The van der Waals surface area contributed by atoms with E-state index in [2.05, 4.69) is 5.32 Å². The first-order valence-corrected chi connectivity index (χ1v) is 13.2. The van der Waals surface area contributed by atoms with E-state index < -0.39 is 29.9 Å². The first kappa shape index (κ1) is 26.6. The van der Waals surface area contributed by atoms with Gasteiger partial charge in [0.15, 0.2) is 0 Å². The first-order valence-electron chi connectivity index (χ1n) is 13.2. The molecule has 8 heteroatoms. The van der Waals surface area contributed by atoms with Gasteiger partial charge in [0.2, 0.25) is 5.91 Å². The van der Waals surface area contributed by atoms with Crippen molar-refractivity contribution < 1.29 is 23.5 Å². The number of likely N-dealkylation sites (tertiary alicyclic amines) is 1. The monoisotopic (exact) mass is 509 g/mol. The zero-order chi connectivity index (χ0) is 26.4. The third-order valence-corrected chi connectivity index (χ3v) is 7.46. The molecule has 2 fully saturated rings. The van der Waals surface area contributed by atoms with Crippen LogP contribution in [0.15, 0.2) is 48.5 Å². The first-order chi connectivity index (χ1) is 17.9. The van der Waals surface area contributed by atoms with Gasteiger partial charge in [0.05, 0.1) is 7.11 Å². The van der Waals surface area contributed by atoms with E-state index in [1.54, 1.807) is 6.07 Å². The van der Waals surface area contributed by atoms with Gasteiger partial charge in [0.25, 0.3) is 5.91 Å². The maximum absolute atomic E-state index is 14.5. The fourth-order valence-electron chi connectivity index (χ4n) is 5.53. The minimum absolute atomic E-state index is 0.0264. The van der Waals surface area contributed by atoms with Crippen molar-refractivity contribution in [2.45, 2.75) is 76.4 Å². The second kappa shape index (κ2) is 12.2. The third-order valence-electron chi connectivity index (χ3n) is 7.46. The molecular weight excluding hydrogens is 473 g/mol. The Morgan fingerprint density at radius 2 is 1.73 bits per heavy atom. The topological polar surface area (TPSA) is 79.0 Å². The van der Waals surface area contributed by atoms with E-state index in [0.717, 1.165) is 50.5 Å². The number of piperidine rings is 1. The van der Waals surface area contributed by atoms with E-state index in [4.69, 9.17) is 4.74 Å². The number of nitrogens with zero attached hydrogens (tertiary/aromatic N) is 2. The Morgan fingerprint density at radius 1 is 1.00 bits per heavy atom. The Bertz CT molecular complexity index is 1120. The molecule has 1 aliphatic carbocycles. The van der Waals surface area contributed by atoms with Gasteiger partial charge in [-0.25, -0.2) is 9.18 Å². The quantitative estimate of drug-likeness (QED) is 0.575. The number of benzene rings is 2. The number of anilines is 1. The van der Waals surface area contributed by atoms with Crippen LogP contribution in [0.5, 0.6) is 0 Å². The number of halogens is 1. The Hall–Kier alpha value is -3.42. The summed E-state index contributed by atoms with van der Waals surface area (Å²) in [5.74, 6) is -1.25. The summed E-state index contributed by atoms with van der Waals surface area (Å²) in [5, 5.41) is 3.18. The fourth-order valence-corrected chi connectivity index (χ4v) is 5.53. The van der Waals surface area contributed by atoms with Crippen LogP contribution < -0.4 is 10.2 Å². The number of amides is 3. The average molecular weight is 510 g/mol. The van der Waals surface area contributed by atoms with Crippen molar-refractivity contribution in [2.24, 2.45) is 0 Å². The highest BCUT2D eigenvalue weighted by Crippen LogP contribution is 2.34. The number of aryl methyl sites for hydroxylation is 1. The number of hydrogen-bond donors (Lipinski definition) is 1. The minimum atomic E-state index is -1.03. The van der Waals surface area contributed by atoms with Crippen LogP contribution in [0, 0.1) is 12.7 Å². The van der Waals surface area contributed by atoms with E-state index in [-0.39, 0.29) is 17.6 Å². The summed E-state index contributed by atoms with van der Waals surface area (Å²) >= 11 is 0. The SMILES string of the molecule is COC(=O)N1CCCCC1C(=O)N(c1cccc(F)c1)[C@@H](C(=O)NC1CCCCC1)c1ccccc1C. The van der Waals surface area contributed by atoms with Gasteiger partial charge in [0.1, 0.15) is 17.9 Å². The van der Waals surface area contributed by atoms with Crippen LogP contribution in [0.4, 0.5) is 14.9 Å². The van der Waals surface area contributed by atoms with Crippen molar-refractivity contribution >= 4 is 23.6 Å². The van der Waals surface area contributed by atoms with Crippen LogP contribution in [-0.4, -0.2) is 48.5 Å². The van der Waals surface area contributed by atoms with Gasteiger partial charge >= 0.3 is 6.09 Å². The smallest absolute Gasteiger partial charge is 0.410 e. The maximum Gasteiger partial charge on any atom is 0.410 e. The number of carbonyl (C=O) groups excluding carboxylic acids is 3. The van der Waals surface area contributed by atoms with Crippen LogP contribution in [0.25, 0.3) is 0 Å². The van der Waals surface area contributed by atoms with Crippen molar-refractivity contribution in [3.8, 4) is 0 Å². The molecule has 4 rings (SSSR count). The lowest BCUT2D eigenvalue weighted by atomic mass is 9.93. The molecule has 1 N–H and O–H groups in total. The second-order valence-electron chi connectivity index (χ2n) is 9.97. The highest BCUT2D eigenvalue weighted by Gasteiger charge is 2.41. The Morgan fingerprint density at radius 3 is 2.43 bits per heavy atom. The van der Waals surface area contributed by atoms with Crippen LogP contribution in [0.2, 0.25) is 0 Å². The molecule has 0 bridgehead atoms.